The van der Waals surface area contributed by atoms with E-state index in [2.05, 4.69) is 6.58 Å². The Balaban J connectivity index is 2.89. The molecule has 0 heterocycles. The highest BCUT2D eigenvalue weighted by Crippen LogP contribution is 2.10. The van der Waals surface area contributed by atoms with Gasteiger partial charge >= 0.3 is 0 Å². The van der Waals surface area contributed by atoms with Crippen molar-refractivity contribution in [1.29, 1.82) is 0 Å². The molecule has 0 spiro atoms. The first kappa shape index (κ1) is 9.65. The van der Waals surface area contributed by atoms with Crippen LogP contribution in [-0.4, -0.2) is 5.78 Å². The van der Waals surface area contributed by atoms with E-state index >= 15 is 0 Å². The van der Waals surface area contributed by atoms with E-state index in [1.54, 1.807) is 13.0 Å². The van der Waals surface area contributed by atoms with E-state index in [0.29, 0.717) is 5.56 Å². The van der Waals surface area contributed by atoms with Crippen molar-refractivity contribution in [1.82, 2.24) is 0 Å². The molecule has 0 radical (unpaired) electrons. The van der Waals surface area contributed by atoms with Gasteiger partial charge in [-0.25, -0.2) is 4.39 Å². The Labute approximate surface area is 76.9 Å². The third kappa shape index (κ3) is 2.25. The SMILES string of the molecule is C=CC(C)C(=O)c1ccc(F)cc1. The van der Waals surface area contributed by atoms with Crippen LogP contribution in [0.2, 0.25) is 0 Å². The number of halogens is 1. The van der Waals surface area contributed by atoms with Gasteiger partial charge in [0.2, 0.25) is 0 Å². The van der Waals surface area contributed by atoms with Gasteiger partial charge in [0, 0.05) is 11.5 Å². The summed E-state index contributed by atoms with van der Waals surface area (Å²) in [6.45, 7) is 5.29. The highest BCUT2D eigenvalue weighted by Gasteiger charge is 2.10. The standard InChI is InChI=1S/C11H11FO/c1-3-8(2)11(13)9-4-6-10(12)7-5-9/h3-8H,1H2,2H3. The molecule has 0 aliphatic carbocycles. The number of allylic oxidation sites excluding steroid dienone is 1. The van der Waals surface area contributed by atoms with Gasteiger partial charge in [0.15, 0.2) is 5.78 Å². The van der Waals surface area contributed by atoms with Gasteiger partial charge in [-0.3, -0.25) is 4.79 Å². The van der Waals surface area contributed by atoms with Crippen LogP contribution in [-0.2, 0) is 0 Å². The Morgan fingerprint density at radius 2 is 2.00 bits per heavy atom. The van der Waals surface area contributed by atoms with Crippen LogP contribution in [0.4, 0.5) is 4.39 Å². The number of ketones is 1. The average Bonchev–Trinajstić information content (AvgIpc) is 2.17. The largest absolute Gasteiger partial charge is 0.294 e. The molecule has 0 saturated heterocycles. The summed E-state index contributed by atoms with van der Waals surface area (Å²) in [5.74, 6) is -0.580. The van der Waals surface area contributed by atoms with Crippen LogP contribution in [0.25, 0.3) is 0 Å². The fourth-order valence-corrected chi connectivity index (χ4v) is 0.984. The van der Waals surface area contributed by atoms with Crippen LogP contribution >= 0.6 is 0 Å². The number of hydrogen-bond acceptors (Lipinski definition) is 1. The molecule has 13 heavy (non-hydrogen) atoms. The van der Waals surface area contributed by atoms with E-state index in [9.17, 15) is 9.18 Å². The lowest BCUT2D eigenvalue weighted by molar-refractivity contribution is 0.0953. The van der Waals surface area contributed by atoms with E-state index in [-0.39, 0.29) is 17.5 Å². The molecular weight excluding hydrogens is 167 g/mol. The molecule has 1 nitrogen and oxygen atoms in total. The molecular formula is C11H11FO. The second-order valence-corrected chi connectivity index (χ2v) is 2.90. The molecule has 0 saturated carbocycles. The summed E-state index contributed by atoms with van der Waals surface area (Å²) in [4.78, 5) is 11.5. The van der Waals surface area contributed by atoms with Gasteiger partial charge in [0.05, 0.1) is 0 Å². The maximum Gasteiger partial charge on any atom is 0.169 e. The third-order valence-corrected chi connectivity index (χ3v) is 1.90. The van der Waals surface area contributed by atoms with Gasteiger partial charge in [-0.2, -0.15) is 0 Å². The zero-order valence-electron chi connectivity index (χ0n) is 7.46. The first-order valence-electron chi connectivity index (χ1n) is 4.07. The molecule has 0 fully saturated rings. The van der Waals surface area contributed by atoms with Gasteiger partial charge < -0.3 is 0 Å². The van der Waals surface area contributed by atoms with Crippen molar-refractivity contribution in [3.05, 3.63) is 48.3 Å². The molecule has 1 unspecified atom stereocenters. The van der Waals surface area contributed by atoms with Crippen LogP contribution in [0, 0.1) is 11.7 Å². The summed E-state index contributed by atoms with van der Waals surface area (Å²) in [5.41, 5.74) is 0.522. The Morgan fingerprint density at radius 1 is 1.46 bits per heavy atom. The molecule has 1 atom stereocenters. The molecule has 1 aromatic carbocycles. The highest BCUT2D eigenvalue weighted by molar-refractivity contribution is 5.98. The minimum atomic E-state index is -0.331. The Morgan fingerprint density at radius 3 is 2.46 bits per heavy atom. The first-order valence-corrected chi connectivity index (χ1v) is 4.07. The van der Waals surface area contributed by atoms with Gasteiger partial charge in [-0.1, -0.05) is 13.0 Å². The molecule has 68 valence electrons. The van der Waals surface area contributed by atoms with Gasteiger partial charge in [-0.15, -0.1) is 6.58 Å². The molecule has 0 aliphatic heterocycles. The Hall–Kier alpha value is -1.44. The Kier molecular flexibility index (Phi) is 2.96. The van der Waals surface area contributed by atoms with Gasteiger partial charge in [-0.05, 0) is 24.3 Å². The molecule has 0 amide bonds. The lowest BCUT2D eigenvalue weighted by Gasteiger charge is -2.03. The van der Waals surface area contributed by atoms with E-state index in [1.807, 2.05) is 0 Å². The Bertz CT molecular complexity index is 313. The number of hydrogen-bond donors (Lipinski definition) is 0. The monoisotopic (exact) mass is 178 g/mol. The number of Topliss-reactive ketones (excluding diaryl/α,β-unsaturated/α-hetero) is 1. The molecule has 2 heteroatoms. The minimum absolute atomic E-state index is 0.0324. The van der Waals surface area contributed by atoms with E-state index < -0.39 is 0 Å². The summed E-state index contributed by atoms with van der Waals surface area (Å²) in [7, 11) is 0. The molecule has 1 rings (SSSR count). The van der Waals surface area contributed by atoms with Gasteiger partial charge in [0.25, 0.3) is 0 Å². The summed E-state index contributed by atoms with van der Waals surface area (Å²) in [6, 6.07) is 5.53. The maximum absolute atomic E-state index is 12.5. The number of rotatable bonds is 3. The average molecular weight is 178 g/mol. The van der Waals surface area contributed by atoms with Crippen molar-refractivity contribution in [2.45, 2.75) is 6.92 Å². The lowest BCUT2D eigenvalue weighted by atomic mass is 10.00. The summed E-state index contributed by atoms with van der Waals surface area (Å²) < 4.78 is 12.5. The third-order valence-electron chi connectivity index (χ3n) is 1.90. The van der Waals surface area contributed by atoms with Crippen molar-refractivity contribution >= 4 is 5.78 Å². The van der Waals surface area contributed by atoms with Crippen molar-refractivity contribution in [3.63, 3.8) is 0 Å². The van der Waals surface area contributed by atoms with E-state index in [0.717, 1.165) is 0 Å². The van der Waals surface area contributed by atoms with Crippen molar-refractivity contribution in [2.24, 2.45) is 5.92 Å². The summed E-state index contributed by atoms with van der Waals surface area (Å²) >= 11 is 0. The topological polar surface area (TPSA) is 17.1 Å². The fourth-order valence-electron chi connectivity index (χ4n) is 0.984. The quantitative estimate of drug-likeness (QED) is 0.513. The van der Waals surface area contributed by atoms with E-state index in [4.69, 9.17) is 0 Å². The number of benzene rings is 1. The molecule has 0 aromatic heterocycles. The summed E-state index contributed by atoms with van der Waals surface area (Å²) in [5, 5.41) is 0. The van der Waals surface area contributed by atoms with Crippen LogP contribution in [0.3, 0.4) is 0 Å². The van der Waals surface area contributed by atoms with Crippen molar-refractivity contribution < 1.29 is 9.18 Å². The molecule has 0 aliphatic rings. The van der Waals surface area contributed by atoms with E-state index in [1.165, 1.54) is 24.3 Å². The highest BCUT2D eigenvalue weighted by atomic mass is 19.1. The number of carbonyl (C=O) groups excluding carboxylic acids is 1. The second kappa shape index (κ2) is 3.99. The van der Waals surface area contributed by atoms with Crippen LogP contribution < -0.4 is 0 Å². The smallest absolute Gasteiger partial charge is 0.169 e. The van der Waals surface area contributed by atoms with Crippen molar-refractivity contribution in [3.8, 4) is 0 Å². The fraction of sp³-hybridized carbons (Fsp3) is 0.182. The predicted molar refractivity (Wildman–Crippen MR) is 50.1 cm³/mol. The van der Waals surface area contributed by atoms with Crippen LogP contribution in [0.5, 0.6) is 0 Å². The molecule has 0 N–H and O–H groups in total. The first-order chi connectivity index (χ1) is 6.15. The van der Waals surface area contributed by atoms with Crippen molar-refractivity contribution in [2.75, 3.05) is 0 Å². The lowest BCUT2D eigenvalue weighted by Crippen LogP contribution is -2.08. The second-order valence-electron chi connectivity index (χ2n) is 2.90. The van der Waals surface area contributed by atoms with Crippen LogP contribution in [0.15, 0.2) is 36.9 Å². The predicted octanol–water partition coefficient (Wildman–Crippen LogP) is 2.83. The van der Waals surface area contributed by atoms with Gasteiger partial charge in [0.1, 0.15) is 5.82 Å². The zero-order valence-corrected chi connectivity index (χ0v) is 7.46. The summed E-state index contributed by atoms with van der Waals surface area (Å²) in [6.07, 6.45) is 1.58. The molecule has 0 bridgehead atoms. The normalized spacial score (nSPS) is 12.2. The number of carbonyl (C=O) groups is 1. The molecule has 1 aromatic rings. The maximum atomic E-state index is 12.5. The van der Waals surface area contributed by atoms with Crippen LogP contribution in [0.1, 0.15) is 17.3 Å². The zero-order chi connectivity index (χ0) is 9.84. The minimum Gasteiger partial charge on any atom is -0.294 e.